The van der Waals surface area contributed by atoms with Gasteiger partial charge in [0.05, 0.1) is 6.61 Å². The van der Waals surface area contributed by atoms with Gasteiger partial charge in [-0.25, -0.2) is 0 Å². The average molecular weight is 223 g/mol. The van der Waals surface area contributed by atoms with Crippen LogP contribution in [0.4, 0.5) is 0 Å². The standard InChI is InChI=1S/C6H14.C4H8O2.CH4O.H3N/c1-3-5-6-4-2;1-3-6-4(2)5;1-2;/h3-6H2,1-2H3;3H2,1-2H3;2H,1H3;1H3. The van der Waals surface area contributed by atoms with Crippen molar-refractivity contribution < 1.29 is 14.6 Å². The van der Waals surface area contributed by atoms with Crippen molar-refractivity contribution in [2.45, 2.75) is 53.4 Å². The van der Waals surface area contributed by atoms with Crippen molar-refractivity contribution in [3.8, 4) is 0 Å². The van der Waals surface area contributed by atoms with Gasteiger partial charge in [-0.1, -0.05) is 39.5 Å². The molecule has 0 atom stereocenters. The van der Waals surface area contributed by atoms with E-state index in [4.69, 9.17) is 5.11 Å². The Morgan fingerprint density at radius 2 is 1.40 bits per heavy atom. The van der Waals surface area contributed by atoms with E-state index in [1.807, 2.05) is 0 Å². The van der Waals surface area contributed by atoms with Gasteiger partial charge >= 0.3 is 5.97 Å². The molecule has 4 heteroatoms. The number of ether oxygens (including phenoxy) is 1. The second-order valence-electron chi connectivity index (χ2n) is 2.63. The van der Waals surface area contributed by atoms with Crippen LogP contribution >= 0.6 is 0 Å². The van der Waals surface area contributed by atoms with Crippen molar-refractivity contribution in [3.05, 3.63) is 0 Å². The van der Waals surface area contributed by atoms with Crippen molar-refractivity contribution in [1.82, 2.24) is 6.15 Å². The van der Waals surface area contributed by atoms with Crippen LogP contribution < -0.4 is 6.15 Å². The molecule has 0 aromatic rings. The molecule has 0 amide bonds. The molecule has 0 aliphatic rings. The summed E-state index contributed by atoms with van der Waals surface area (Å²) in [6.45, 7) is 8.12. The summed E-state index contributed by atoms with van der Waals surface area (Å²) in [5.41, 5.74) is 0. The Balaban J connectivity index is -0.0000000653. The predicted molar refractivity (Wildman–Crippen MR) is 65.3 cm³/mol. The Labute approximate surface area is 94.6 Å². The molecule has 0 aliphatic carbocycles. The number of aliphatic hydroxyl groups is 1. The summed E-state index contributed by atoms with van der Waals surface area (Å²) < 4.78 is 4.40. The molecule has 0 spiro atoms. The lowest BCUT2D eigenvalue weighted by molar-refractivity contribution is -0.140. The van der Waals surface area contributed by atoms with Gasteiger partial charge in [-0.15, -0.1) is 0 Å². The molecule has 0 aliphatic heterocycles. The number of aliphatic hydroxyl groups excluding tert-OH is 1. The van der Waals surface area contributed by atoms with Gasteiger partial charge in [0.2, 0.25) is 0 Å². The Hall–Kier alpha value is -0.610. The zero-order valence-corrected chi connectivity index (χ0v) is 11.0. The molecule has 0 unspecified atom stereocenters. The third-order valence-electron chi connectivity index (χ3n) is 1.30. The lowest BCUT2D eigenvalue weighted by Crippen LogP contribution is -1.95. The van der Waals surface area contributed by atoms with Crippen molar-refractivity contribution in [3.63, 3.8) is 0 Å². The van der Waals surface area contributed by atoms with Gasteiger partial charge < -0.3 is 16.0 Å². The van der Waals surface area contributed by atoms with Crippen LogP contribution in [0, 0.1) is 0 Å². The van der Waals surface area contributed by atoms with E-state index in [-0.39, 0.29) is 12.1 Å². The molecule has 0 aromatic heterocycles. The van der Waals surface area contributed by atoms with E-state index < -0.39 is 0 Å². The number of hydrogen-bond acceptors (Lipinski definition) is 4. The largest absolute Gasteiger partial charge is 0.466 e. The fourth-order valence-electron chi connectivity index (χ4n) is 0.703. The first-order valence-electron chi connectivity index (χ1n) is 5.27. The molecule has 4 N–H and O–H groups in total. The number of carbonyl (C=O) groups excluding carboxylic acids is 1. The zero-order valence-electron chi connectivity index (χ0n) is 11.0. The molecule has 0 bridgehead atoms. The Kier molecular flexibility index (Phi) is 46.5. The van der Waals surface area contributed by atoms with E-state index in [2.05, 4.69) is 18.6 Å². The SMILES string of the molecule is CCCCCC.CCOC(C)=O.CO.N. The maximum atomic E-state index is 9.82. The second kappa shape index (κ2) is 29.2. The minimum Gasteiger partial charge on any atom is -0.466 e. The van der Waals surface area contributed by atoms with Crippen LogP contribution in [0.2, 0.25) is 0 Å². The van der Waals surface area contributed by atoms with Gasteiger partial charge in [0.25, 0.3) is 0 Å². The molecule has 0 aromatic carbocycles. The summed E-state index contributed by atoms with van der Waals surface area (Å²) in [4.78, 5) is 9.82. The maximum Gasteiger partial charge on any atom is 0.302 e. The van der Waals surface area contributed by atoms with Crippen LogP contribution in [0.15, 0.2) is 0 Å². The number of hydrogen-bond donors (Lipinski definition) is 2. The smallest absolute Gasteiger partial charge is 0.302 e. The fourth-order valence-corrected chi connectivity index (χ4v) is 0.703. The zero-order chi connectivity index (χ0) is 11.8. The molecule has 0 saturated carbocycles. The van der Waals surface area contributed by atoms with Crippen LogP contribution in [0.1, 0.15) is 53.4 Å². The molecule has 96 valence electrons. The summed E-state index contributed by atoms with van der Waals surface area (Å²) >= 11 is 0. The quantitative estimate of drug-likeness (QED) is 0.567. The molecule has 15 heavy (non-hydrogen) atoms. The van der Waals surface area contributed by atoms with E-state index in [9.17, 15) is 4.79 Å². The highest BCUT2D eigenvalue weighted by Crippen LogP contribution is 1.95. The Bertz CT molecular complexity index is 93.8. The lowest BCUT2D eigenvalue weighted by atomic mass is 10.2. The average Bonchev–Trinajstić information content (AvgIpc) is 2.18. The molecule has 0 fully saturated rings. The van der Waals surface area contributed by atoms with Crippen LogP contribution in [0.5, 0.6) is 0 Å². The minimum atomic E-state index is -0.211. The molecule has 0 rings (SSSR count). The first kappa shape index (κ1) is 23.9. The number of esters is 1. The molecule has 0 saturated heterocycles. The van der Waals surface area contributed by atoms with Crippen LogP contribution in [-0.4, -0.2) is 24.8 Å². The van der Waals surface area contributed by atoms with Gasteiger partial charge in [-0.05, 0) is 6.92 Å². The van der Waals surface area contributed by atoms with Crippen LogP contribution in [0.3, 0.4) is 0 Å². The topological polar surface area (TPSA) is 81.5 Å². The first-order chi connectivity index (χ1) is 6.68. The molecular formula is C11H29NO3. The van der Waals surface area contributed by atoms with Gasteiger partial charge in [-0.3, -0.25) is 4.79 Å². The molecule has 4 nitrogen and oxygen atoms in total. The maximum absolute atomic E-state index is 9.82. The van der Waals surface area contributed by atoms with Crippen molar-refractivity contribution in [2.75, 3.05) is 13.7 Å². The summed E-state index contributed by atoms with van der Waals surface area (Å²) in [6, 6.07) is 0. The van der Waals surface area contributed by atoms with Crippen molar-refractivity contribution in [2.24, 2.45) is 0 Å². The predicted octanol–water partition coefficient (Wildman–Crippen LogP) is 2.93. The highest BCUT2D eigenvalue weighted by molar-refractivity contribution is 5.65. The summed E-state index contributed by atoms with van der Waals surface area (Å²) in [5.74, 6) is -0.211. The van der Waals surface area contributed by atoms with E-state index in [0.29, 0.717) is 6.61 Å². The third kappa shape index (κ3) is 59.8. The summed E-state index contributed by atoms with van der Waals surface area (Å²) in [6.07, 6.45) is 5.54. The minimum absolute atomic E-state index is 0. The highest BCUT2D eigenvalue weighted by Gasteiger charge is 1.81. The number of rotatable bonds is 4. The van der Waals surface area contributed by atoms with Gasteiger partial charge in [0, 0.05) is 14.0 Å². The summed E-state index contributed by atoms with van der Waals surface area (Å²) in [7, 11) is 1.00. The first-order valence-corrected chi connectivity index (χ1v) is 5.27. The van der Waals surface area contributed by atoms with Crippen LogP contribution in [-0.2, 0) is 9.53 Å². The van der Waals surface area contributed by atoms with Gasteiger partial charge in [0.15, 0.2) is 0 Å². The lowest BCUT2D eigenvalue weighted by Gasteiger charge is -1.89. The second-order valence-corrected chi connectivity index (χ2v) is 2.63. The van der Waals surface area contributed by atoms with Crippen LogP contribution in [0.25, 0.3) is 0 Å². The van der Waals surface area contributed by atoms with E-state index in [0.717, 1.165) is 7.11 Å². The fraction of sp³-hybridized carbons (Fsp3) is 0.909. The van der Waals surface area contributed by atoms with Crippen molar-refractivity contribution >= 4 is 5.97 Å². The summed E-state index contributed by atoms with van der Waals surface area (Å²) in [5, 5.41) is 7.00. The van der Waals surface area contributed by atoms with E-state index >= 15 is 0 Å². The normalized spacial score (nSPS) is 7.07. The van der Waals surface area contributed by atoms with Gasteiger partial charge in [-0.2, -0.15) is 0 Å². The van der Waals surface area contributed by atoms with E-state index in [1.54, 1.807) is 6.92 Å². The number of unbranched alkanes of at least 4 members (excludes halogenated alkanes) is 3. The van der Waals surface area contributed by atoms with Gasteiger partial charge in [0.1, 0.15) is 0 Å². The third-order valence-corrected chi connectivity index (χ3v) is 1.30. The monoisotopic (exact) mass is 223 g/mol. The highest BCUT2D eigenvalue weighted by atomic mass is 16.5. The molecular weight excluding hydrogens is 194 g/mol. The Morgan fingerprint density at radius 1 is 1.07 bits per heavy atom. The van der Waals surface area contributed by atoms with E-state index in [1.165, 1.54) is 32.6 Å². The number of carbonyl (C=O) groups is 1. The molecule has 0 heterocycles. The Morgan fingerprint density at radius 3 is 1.47 bits per heavy atom. The van der Waals surface area contributed by atoms with Crippen molar-refractivity contribution in [1.29, 1.82) is 0 Å². The molecule has 0 radical (unpaired) electrons.